The van der Waals surface area contributed by atoms with E-state index in [-0.39, 0.29) is 4.90 Å². The van der Waals surface area contributed by atoms with E-state index in [4.69, 9.17) is 32.9 Å². The fraction of sp³-hybridized carbons (Fsp3) is 0.0870. The van der Waals surface area contributed by atoms with E-state index in [0.717, 1.165) is 16.0 Å². The van der Waals surface area contributed by atoms with E-state index in [1.807, 2.05) is 30.3 Å². The second kappa shape index (κ2) is 8.63. The zero-order chi connectivity index (χ0) is 22.2. The molecule has 4 aromatic rings. The maximum Gasteiger partial charge on any atom is 0.176 e. The molecule has 3 aromatic carbocycles. The van der Waals surface area contributed by atoms with Crippen molar-refractivity contribution >= 4 is 44.4 Å². The molecule has 0 aliphatic heterocycles. The fourth-order valence-electron chi connectivity index (χ4n) is 3.24. The number of benzene rings is 3. The molecule has 0 N–H and O–H groups in total. The number of hydrogen-bond acceptors (Lipinski definition) is 5. The predicted octanol–water partition coefficient (Wildman–Crippen LogP) is 6.86. The second-order valence-corrected chi connectivity index (χ2v) is 10.6. The summed E-state index contributed by atoms with van der Waals surface area (Å²) in [7, 11) is -1.91. The number of thiazole rings is 1. The third-order valence-electron chi connectivity index (χ3n) is 4.69. The summed E-state index contributed by atoms with van der Waals surface area (Å²) in [5.41, 5.74) is 2.74. The summed E-state index contributed by atoms with van der Waals surface area (Å²) in [6.07, 6.45) is 1.20. The average molecular weight is 490 g/mol. The van der Waals surface area contributed by atoms with Crippen molar-refractivity contribution in [2.75, 3.05) is 13.4 Å². The standard InChI is InChI=1S/C23H17Cl2NO3S2/c1-29-19-12-11-14(13-18(19)25)21-22(16-8-4-6-10-20(16)31(2,27)28)30-23(26-21)15-7-3-5-9-17(15)24/h3-13H,1-2H3. The van der Waals surface area contributed by atoms with Gasteiger partial charge in [-0.05, 0) is 30.3 Å². The normalized spacial score (nSPS) is 11.5. The van der Waals surface area contributed by atoms with Gasteiger partial charge in [-0.3, -0.25) is 0 Å². The van der Waals surface area contributed by atoms with Crippen molar-refractivity contribution in [3.05, 3.63) is 76.8 Å². The molecule has 0 bridgehead atoms. The Hall–Kier alpha value is -2.38. The highest BCUT2D eigenvalue weighted by Gasteiger charge is 2.23. The van der Waals surface area contributed by atoms with Crippen LogP contribution in [0, 0.1) is 0 Å². The van der Waals surface area contributed by atoms with Gasteiger partial charge in [0.15, 0.2) is 9.84 Å². The van der Waals surface area contributed by atoms with Crippen LogP contribution in [0.15, 0.2) is 71.6 Å². The third-order valence-corrected chi connectivity index (χ3v) is 7.59. The van der Waals surface area contributed by atoms with Crippen molar-refractivity contribution in [3.8, 4) is 38.0 Å². The second-order valence-electron chi connectivity index (χ2n) is 6.79. The number of aromatic nitrogens is 1. The van der Waals surface area contributed by atoms with Gasteiger partial charge in [-0.25, -0.2) is 13.4 Å². The number of halogens is 2. The van der Waals surface area contributed by atoms with Crippen molar-refractivity contribution < 1.29 is 13.2 Å². The molecule has 0 atom stereocenters. The molecular weight excluding hydrogens is 473 g/mol. The van der Waals surface area contributed by atoms with E-state index in [0.29, 0.717) is 32.1 Å². The lowest BCUT2D eigenvalue weighted by Crippen LogP contribution is -1.99. The molecule has 1 aromatic heterocycles. The van der Waals surface area contributed by atoms with Gasteiger partial charge in [-0.2, -0.15) is 0 Å². The van der Waals surface area contributed by atoms with Gasteiger partial charge in [-0.1, -0.05) is 59.6 Å². The van der Waals surface area contributed by atoms with E-state index in [1.165, 1.54) is 17.6 Å². The van der Waals surface area contributed by atoms with Gasteiger partial charge in [-0.15, -0.1) is 11.3 Å². The van der Waals surface area contributed by atoms with Gasteiger partial charge < -0.3 is 4.74 Å². The lowest BCUT2D eigenvalue weighted by Gasteiger charge is -2.09. The minimum Gasteiger partial charge on any atom is -0.495 e. The maximum absolute atomic E-state index is 12.5. The van der Waals surface area contributed by atoms with Crippen molar-refractivity contribution in [1.29, 1.82) is 0 Å². The highest BCUT2D eigenvalue weighted by molar-refractivity contribution is 7.90. The molecule has 0 aliphatic carbocycles. The number of nitrogens with zero attached hydrogens (tertiary/aromatic N) is 1. The fourth-order valence-corrected chi connectivity index (χ4v) is 5.90. The molecule has 0 radical (unpaired) electrons. The summed E-state index contributed by atoms with van der Waals surface area (Å²) in [6, 6.07) is 19.7. The Balaban J connectivity index is 2.01. The van der Waals surface area contributed by atoms with Crippen molar-refractivity contribution in [3.63, 3.8) is 0 Å². The lowest BCUT2D eigenvalue weighted by molar-refractivity contribution is 0.415. The van der Waals surface area contributed by atoms with E-state index in [1.54, 1.807) is 43.5 Å². The van der Waals surface area contributed by atoms with Crippen LogP contribution < -0.4 is 4.74 Å². The Morgan fingerprint density at radius 3 is 2.23 bits per heavy atom. The molecule has 0 aliphatic rings. The van der Waals surface area contributed by atoms with Crippen molar-refractivity contribution in [1.82, 2.24) is 4.98 Å². The van der Waals surface area contributed by atoms with Crippen molar-refractivity contribution in [2.45, 2.75) is 4.90 Å². The highest BCUT2D eigenvalue weighted by atomic mass is 35.5. The minimum atomic E-state index is -3.46. The summed E-state index contributed by atoms with van der Waals surface area (Å²) < 4.78 is 30.2. The van der Waals surface area contributed by atoms with Gasteiger partial charge in [0.25, 0.3) is 0 Å². The Morgan fingerprint density at radius 2 is 1.58 bits per heavy atom. The number of ether oxygens (including phenoxy) is 1. The molecule has 0 fully saturated rings. The Morgan fingerprint density at radius 1 is 0.903 bits per heavy atom. The van der Waals surface area contributed by atoms with Gasteiger partial charge in [0, 0.05) is 22.9 Å². The quantitative estimate of drug-likeness (QED) is 0.307. The summed E-state index contributed by atoms with van der Waals surface area (Å²) in [5.74, 6) is 0.546. The highest BCUT2D eigenvalue weighted by Crippen LogP contribution is 2.45. The van der Waals surface area contributed by atoms with Gasteiger partial charge in [0.05, 0.1) is 32.6 Å². The number of rotatable bonds is 5. The first-order valence-corrected chi connectivity index (χ1v) is 12.6. The van der Waals surface area contributed by atoms with Crippen LogP contribution in [0.3, 0.4) is 0 Å². The molecule has 0 amide bonds. The summed E-state index contributed by atoms with van der Waals surface area (Å²) in [6.45, 7) is 0. The van der Waals surface area contributed by atoms with Crippen LogP contribution in [0.25, 0.3) is 32.3 Å². The molecule has 4 rings (SSSR count). The van der Waals surface area contributed by atoms with Crippen LogP contribution in [0.5, 0.6) is 5.75 Å². The average Bonchev–Trinajstić information content (AvgIpc) is 3.18. The van der Waals surface area contributed by atoms with Crippen LogP contribution in [0.2, 0.25) is 10.0 Å². The van der Waals surface area contributed by atoms with Crippen molar-refractivity contribution in [2.24, 2.45) is 0 Å². The van der Waals surface area contributed by atoms with Gasteiger partial charge >= 0.3 is 0 Å². The number of methoxy groups -OCH3 is 1. The molecule has 31 heavy (non-hydrogen) atoms. The van der Waals surface area contributed by atoms with E-state index in [2.05, 4.69) is 0 Å². The molecule has 158 valence electrons. The van der Waals surface area contributed by atoms with E-state index in [9.17, 15) is 8.42 Å². The molecular formula is C23H17Cl2NO3S2. The first kappa shape index (κ1) is 21.8. The first-order chi connectivity index (χ1) is 14.8. The molecule has 4 nitrogen and oxygen atoms in total. The van der Waals surface area contributed by atoms with Crippen LogP contribution >= 0.6 is 34.5 Å². The summed E-state index contributed by atoms with van der Waals surface area (Å²) in [5, 5.41) is 1.69. The van der Waals surface area contributed by atoms with Crippen LogP contribution in [0.4, 0.5) is 0 Å². The Kier molecular flexibility index (Phi) is 6.08. The van der Waals surface area contributed by atoms with Crippen LogP contribution in [-0.4, -0.2) is 26.8 Å². The molecule has 1 heterocycles. The lowest BCUT2D eigenvalue weighted by atomic mass is 10.1. The van der Waals surface area contributed by atoms with E-state index >= 15 is 0 Å². The molecule has 0 unspecified atom stereocenters. The Labute approximate surface area is 195 Å². The van der Waals surface area contributed by atoms with E-state index < -0.39 is 9.84 Å². The smallest absolute Gasteiger partial charge is 0.176 e. The number of sulfone groups is 1. The largest absolute Gasteiger partial charge is 0.495 e. The zero-order valence-corrected chi connectivity index (χ0v) is 19.7. The number of hydrogen-bond donors (Lipinski definition) is 0. The molecule has 0 saturated heterocycles. The van der Waals surface area contributed by atoms with Crippen LogP contribution in [0.1, 0.15) is 0 Å². The molecule has 0 spiro atoms. The minimum absolute atomic E-state index is 0.241. The topological polar surface area (TPSA) is 56.3 Å². The van der Waals surface area contributed by atoms with Crippen LogP contribution in [-0.2, 0) is 9.84 Å². The molecule has 8 heteroatoms. The third kappa shape index (κ3) is 4.34. The zero-order valence-electron chi connectivity index (χ0n) is 16.6. The predicted molar refractivity (Wildman–Crippen MR) is 128 cm³/mol. The summed E-state index contributed by atoms with van der Waals surface area (Å²) >= 11 is 14.2. The maximum atomic E-state index is 12.5. The SMILES string of the molecule is COc1ccc(-c2nc(-c3ccccc3Cl)sc2-c2ccccc2S(C)(=O)=O)cc1Cl. The first-order valence-electron chi connectivity index (χ1n) is 9.18. The molecule has 0 saturated carbocycles. The monoisotopic (exact) mass is 489 g/mol. The Bertz CT molecular complexity index is 1380. The van der Waals surface area contributed by atoms with Gasteiger partial charge in [0.2, 0.25) is 0 Å². The van der Waals surface area contributed by atoms with Gasteiger partial charge in [0.1, 0.15) is 10.8 Å². The summed E-state index contributed by atoms with van der Waals surface area (Å²) in [4.78, 5) is 5.81.